The molecule has 1 fully saturated rings. The Morgan fingerprint density at radius 1 is 1.04 bits per heavy atom. The maximum atomic E-state index is 6.14. The lowest BCUT2D eigenvalue weighted by molar-refractivity contribution is 0.542. The van der Waals surface area contributed by atoms with Gasteiger partial charge < -0.3 is 4.42 Å². The second-order valence-electron chi connectivity index (χ2n) is 8.42. The monoisotopic (exact) mass is 370 g/mol. The summed E-state index contributed by atoms with van der Waals surface area (Å²) in [5.74, 6) is 1.31. The first-order valence-corrected chi connectivity index (χ1v) is 10.5. The standard InChI is InChI=1S/C25H26N2O/c1-16(2)22-15-27-23(14-18(22)13-17-7-3-4-8-17)21-10-5-9-19-20-11-6-12-26-25(20)28-24(19)21/h5-6,9-12,14-17H,3-4,7-8,13H2,1-2H3. The van der Waals surface area contributed by atoms with Crippen LogP contribution in [-0.2, 0) is 6.42 Å². The number of aromatic nitrogens is 2. The third kappa shape index (κ3) is 2.99. The van der Waals surface area contributed by atoms with Crippen LogP contribution in [-0.4, -0.2) is 9.97 Å². The number of hydrogen-bond acceptors (Lipinski definition) is 3. The van der Waals surface area contributed by atoms with E-state index >= 15 is 0 Å². The minimum absolute atomic E-state index is 0.490. The summed E-state index contributed by atoms with van der Waals surface area (Å²) in [4.78, 5) is 9.23. The Hall–Kier alpha value is -2.68. The molecule has 0 radical (unpaired) electrons. The zero-order chi connectivity index (χ0) is 19.1. The van der Waals surface area contributed by atoms with Gasteiger partial charge in [-0.15, -0.1) is 0 Å². The third-order valence-electron chi connectivity index (χ3n) is 6.18. The molecule has 0 amide bonds. The smallest absolute Gasteiger partial charge is 0.227 e. The molecule has 0 bridgehead atoms. The Morgan fingerprint density at radius 3 is 2.68 bits per heavy atom. The van der Waals surface area contributed by atoms with Crippen molar-refractivity contribution in [3.8, 4) is 11.3 Å². The van der Waals surface area contributed by atoms with Crippen LogP contribution in [0.1, 0.15) is 56.6 Å². The van der Waals surface area contributed by atoms with Crippen LogP contribution in [0.25, 0.3) is 33.3 Å². The van der Waals surface area contributed by atoms with Crippen molar-refractivity contribution in [3.05, 3.63) is 59.9 Å². The molecule has 0 saturated heterocycles. The van der Waals surface area contributed by atoms with Gasteiger partial charge >= 0.3 is 0 Å². The molecular weight excluding hydrogens is 344 g/mol. The molecule has 3 nitrogen and oxygen atoms in total. The predicted octanol–water partition coefficient (Wildman–Crippen LogP) is 6.90. The van der Waals surface area contributed by atoms with E-state index in [4.69, 9.17) is 9.40 Å². The summed E-state index contributed by atoms with van der Waals surface area (Å²) >= 11 is 0. The lowest BCUT2D eigenvalue weighted by Gasteiger charge is -2.17. The molecule has 0 spiro atoms. The Balaban J connectivity index is 1.64. The second kappa shape index (κ2) is 7.05. The molecule has 3 heteroatoms. The summed E-state index contributed by atoms with van der Waals surface area (Å²) in [6.07, 6.45) is 10.5. The number of hydrogen-bond donors (Lipinski definition) is 0. The average Bonchev–Trinajstić information content (AvgIpc) is 3.35. The largest absolute Gasteiger partial charge is 0.437 e. The molecular formula is C25H26N2O. The molecule has 1 aliphatic rings. The lowest BCUT2D eigenvalue weighted by atomic mass is 9.90. The second-order valence-corrected chi connectivity index (χ2v) is 8.42. The number of nitrogens with zero attached hydrogens (tertiary/aromatic N) is 2. The van der Waals surface area contributed by atoms with Gasteiger partial charge in [0.25, 0.3) is 0 Å². The SMILES string of the molecule is CC(C)c1cnc(-c2cccc3c2oc2ncccc23)cc1CC1CCCC1. The molecule has 142 valence electrons. The molecule has 1 aromatic carbocycles. The maximum absolute atomic E-state index is 6.14. The molecule has 0 atom stereocenters. The molecule has 3 aromatic heterocycles. The van der Waals surface area contributed by atoms with Crippen molar-refractivity contribution < 1.29 is 4.42 Å². The summed E-state index contributed by atoms with van der Waals surface area (Å²) in [6.45, 7) is 4.53. The van der Waals surface area contributed by atoms with Gasteiger partial charge in [0.15, 0.2) is 0 Å². The highest BCUT2D eigenvalue weighted by Crippen LogP contribution is 2.36. The predicted molar refractivity (Wildman–Crippen MR) is 114 cm³/mol. The van der Waals surface area contributed by atoms with Gasteiger partial charge in [-0.2, -0.15) is 0 Å². The highest BCUT2D eigenvalue weighted by atomic mass is 16.3. The minimum atomic E-state index is 0.490. The van der Waals surface area contributed by atoms with Crippen LogP contribution in [0.3, 0.4) is 0 Å². The number of rotatable bonds is 4. The summed E-state index contributed by atoms with van der Waals surface area (Å²) < 4.78 is 6.14. The van der Waals surface area contributed by atoms with E-state index in [9.17, 15) is 0 Å². The van der Waals surface area contributed by atoms with Crippen LogP contribution < -0.4 is 0 Å². The Kier molecular flexibility index (Phi) is 4.38. The molecule has 0 aliphatic heterocycles. The van der Waals surface area contributed by atoms with Crippen LogP contribution in [0.5, 0.6) is 0 Å². The van der Waals surface area contributed by atoms with E-state index in [1.165, 1.54) is 43.2 Å². The van der Waals surface area contributed by atoms with E-state index in [-0.39, 0.29) is 0 Å². The molecule has 5 rings (SSSR count). The summed E-state index contributed by atoms with van der Waals surface area (Å²) in [5.41, 5.74) is 6.47. The quantitative estimate of drug-likeness (QED) is 0.392. The average molecular weight is 370 g/mol. The van der Waals surface area contributed by atoms with Gasteiger partial charge in [0.2, 0.25) is 5.71 Å². The Bertz CT molecular complexity index is 1140. The lowest BCUT2D eigenvalue weighted by Crippen LogP contribution is -2.05. The van der Waals surface area contributed by atoms with Crippen LogP contribution in [0.15, 0.2) is 53.2 Å². The van der Waals surface area contributed by atoms with Gasteiger partial charge in [0.1, 0.15) is 5.58 Å². The normalized spacial score (nSPS) is 15.2. The zero-order valence-electron chi connectivity index (χ0n) is 16.6. The molecule has 1 saturated carbocycles. The van der Waals surface area contributed by atoms with E-state index in [0.717, 1.165) is 33.5 Å². The van der Waals surface area contributed by atoms with Crippen LogP contribution in [0.4, 0.5) is 0 Å². The molecule has 1 aliphatic carbocycles. The van der Waals surface area contributed by atoms with Crippen molar-refractivity contribution in [1.29, 1.82) is 0 Å². The molecule has 4 aromatic rings. The number of para-hydroxylation sites is 1. The van der Waals surface area contributed by atoms with E-state index in [1.54, 1.807) is 6.20 Å². The van der Waals surface area contributed by atoms with E-state index in [2.05, 4.69) is 55.4 Å². The van der Waals surface area contributed by atoms with E-state index in [0.29, 0.717) is 11.6 Å². The van der Waals surface area contributed by atoms with Crippen LogP contribution >= 0.6 is 0 Å². The molecule has 0 unspecified atom stereocenters. The van der Waals surface area contributed by atoms with E-state index in [1.807, 2.05) is 6.07 Å². The van der Waals surface area contributed by atoms with Crippen molar-refractivity contribution in [2.45, 2.75) is 51.9 Å². The highest BCUT2D eigenvalue weighted by molar-refractivity contribution is 6.08. The third-order valence-corrected chi connectivity index (χ3v) is 6.18. The van der Waals surface area contributed by atoms with Gasteiger partial charge in [-0.1, -0.05) is 51.7 Å². The molecule has 3 heterocycles. The summed E-state index contributed by atoms with van der Waals surface area (Å²) in [6, 6.07) is 12.6. The fraction of sp³-hybridized carbons (Fsp3) is 0.360. The van der Waals surface area contributed by atoms with Crippen molar-refractivity contribution in [3.63, 3.8) is 0 Å². The van der Waals surface area contributed by atoms with Crippen molar-refractivity contribution >= 4 is 22.1 Å². The summed E-state index contributed by atoms with van der Waals surface area (Å²) in [7, 11) is 0. The number of furan rings is 1. The number of pyridine rings is 2. The van der Waals surface area contributed by atoms with Crippen molar-refractivity contribution in [2.24, 2.45) is 5.92 Å². The van der Waals surface area contributed by atoms with Gasteiger partial charge in [-0.25, -0.2) is 4.98 Å². The van der Waals surface area contributed by atoms with Gasteiger partial charge in [0.05, 0.1) is 5.69 Å². The Morgan fingerprint density at radius 2 is 1.86 bits per heavy atom. The van der Waals surface area contributed by atoms with Crippen LogP contribution in [0, 0.1) is 5.92 Å². The highest BCUT2D eigenvalue weighted by Gasteiger charge is 2.20. The number of fused-ring (bicyclic) bond motifs is 3. The van der Waals surface area contributed by atoms with Gasteiger partial charge in [-0.3, -0.25) is 4.98 Å². The first kappa shape index (κ1) is 17.4. The topological polar surface area (TPSA) is 38.9 Å². The molecule has 28 heavy (non-hydrogen) atoms. The fourth-order valence-electron chi connectivity index (χ4n) is 4.71. The summed E-state index contributed by atoms with van der Waals surface area (Å²) in [5, 5.41) is 2.16. The van der Waals surface area contributed by atoms with Crippen molar-refractivity contribution in [1.82, 2.24) is 9.97 Å². The van der Waals surface area contributed by atoms with Gasteiger partial charge in [-0.05, 0) is 53.6 Å². The Labute approximate surface area is 165 Å². The fourth-order valence-corrected chi connectivity index (χ4v) is 4.71. The van der Waals surface area contributed by atoms with Crippen molar-refractivity contribution in [2.75, 3.05) is 0 Å². The van der Waals surface area contributed by atoms with E-state index < -0.39 is 0 Å². The first-order chi connectivity index (χ1) is 13.7. The minimum Gasteiger partial charge on any atom is -0.437 e. The maximum Gasteiger partial charge on any atom is 0.227 e. The zero-order valence-corrected chi connectivity index (χ0v) is 16.6. The first-order valence-electron chi connectivity index (χ1n) is 10.5. The van der Waals surface area contributed by atoms with Gasteiger partial charge in [0, 0.05) is 28.7 Å². The number of benzene rings is 1. The van der Waals surface area contributed by atoms with Crippen LogP contribution in [0.2, 0.25) is 0 Å². The molecule has 0 N–H and O–H groups in total.